The van der Waals surface area contributed by atoms with E-state index >= 15 is 0 Å². The average molecular weight is 408 g/mol. The number of benzene rings is 2. The maximum absolute atomic E-state index is 14.0. The molecule has 1 aliphatic heterocycles. The van der Waals surface area contributed by atoms with Gasteiger partial charge in [-0.3, -0.25) is 9.59 Å². The van der Waals surface area contributed by atoms with Gasteiger partial charge in [0.05, 0.1) is 11.2 Å². The summed E-state index contributed by atoms with van der Waals surface area (Å²) in [6.45, 7) is 0.885. The number of hydrogen-bond acceptors (Lipinski definition) is 3. The molecule has 2 amide bonds. The summed E-state index contributed by atoms with van der Waals surface area (Å²) in [6, 6.07) is 12.3. The number of fused-ring (bicyclic) bond motifs is 1. The molecule has 4 rings (SSSR count). The molecule has 1 aliphatic rings. The Kier molecular flexibility index (Phi) is 5.20. The van der Waals surface area contributed by atoms with Crippen LogP contribution in [0.15, 0.2) is 42.5 Å². The third-order valence-electron chi connectivity index (χ3n) is 5.60. The minimum atomic E-state index is -0.395. The number of halogens is 1. The molecule has 7 heteroatoms. The highest BCUT2D eigenvalue weighted by Gasteiger charge is 2.31. The third-order valence-corrected chi connectivity index (χ3v) is 5.60. The van der Waals surface area contributed by atoms with Crippen molar-refractivity contribution in [3.8, 4) is 0 Å². The lowest BCUT2D eigenvalue weighted by molar-refractivity contribution is -0.117. The molecular formula is C23H25FN4O2. The summed E-state index contributed by atoms with van der Waals surface area (Å²) in [6.07, 6.45) is 1.16. The van der Waals surface area contributed by atoms with E-state index < -0.39 is 5.82 Å². The van der Waals surface area contributed by atoms with Crippen molar-refractivity contribution in [1.82, 2.24) is 9.88 Å². The molecule has 1 saturated heterocycles. The summed E-state index contributed by atoms with van der Waals surface area (Å²) >= 11 is 0. The summed E-state index contributed by atoms with van der Waals surface area (Å²) in [5.41, 5.74) is 3.63. The van der Waals surface area contributed by atoms with Gasteiger partial charge in [-0.25, -0.2) is 4.39 Å². The number of aromatic nitrogens is 1. The Morgan fingerprint density at radius 2 is 1.90 bits per heavy atom. The lowest BCUT2D eigenvalue weighted by Crippen LogP contribution is -2.30. The largest absolute Gasteiger partial charge is 0.378 e. The van der Waals surface area contributed by atoms with Crippen LogP contribution in [0.4, 0.5) is 15.8 Å². The van der Waals surface area contributed by atoms with Crippen molar-refractivity contribution in [3.05, 3.63) is 59.5 Å². The predicted molar refractivity (Wildman–Crippen MR) is 116 cm³/mol. The van der Waals surface area contributed by atoms with Crippen LogP contribution in [-0.4, -0.2) is 37.0 Å². The minimum absolute atomic E-state index is 0.0416. The second-order valence-corrected chi connectivity index (χ2v) is 7.81. The fourth-order valence-electron chi connectivity index (χ4n) is 3.99. The van der Waals surface area contributed by atoms with E-state index in [9.17, 15) is 14.0 Å². The maximum atomic E-state index is 14.0. The first-order valence-electron chi connectivity index (χ1n) is 9.99. The van der Waals surface area contributed by atoms with Crippen LogP contribution in [-0.2, 0) is 18.4 Å². The quantitative estimate of drug-likeness (QED) is 0.704. The first-order valence-corrected chi connectivity index (χ1v) is 9.99. The highest BCUT2D eigenvalue weighted by Crippen LogP contribution is 2.36. The fraction of sp³-hybridized carbons (Fsp3) is 0.304. The fourth-order valence-corrected chi connectivity index (χ4v) is 3.99. The molecule has 0 aliphatic carbocycles. The Morgan fingerprint density at radius 1 is 1.17 bits per heavy atom. The molecule has 1 aromatic heterocycles. The van der Waals surface area contributed by atoms with E-state index in [2.05, 4.69) is 5.32 Å². The normalized spacial score (nSPS) is 13.9. The summed E-state index contributed by atoms with van der Waals surface area (Å²) in [5.74, 6) is -0.727. The Hall–Kier alpha value is -3.35. The van der Waals surface area contributed by atoms with Crippen LogP contribution >= 0.6 is 0 Å². The summed E-state index contributed by atoms with van der Waals surface area (Å²) in [4.78, 5) is 29.2. The smallest absolute Gasteiger partial charge is 0.270 e. The number of hydrogen-bond donors (Lipinski definition) is 1. The molecule has 30 heavy (non-hydrogen) atoms. The highest BCUT2D eigenvalue weighted by molar-refractivity contribution is 6.14. The minimum Gasteiger partial charge on any atom is -0.378 e. The standard InChI is InChI=1S/C23H25FN4O2/c1-26(2)17-9-6-15(7-10-17)14-25-23(30)22-21(28-12-4-5-20(28)29)18-13-16(24)8-11-19(18)27(22)3/h6-11,13H,4-5,12,14H2,1-3H3,(H,25,30). The molecule has 2 heterocycles. The number of amides is 2. The number of carbonyl (C=O) groups is 2. The van der Waals surface area contributed by atoms with Gasteiger partial charge in [0.15, 0.2) is 0 Å². The van der Waals surface area contributed by atoms with Crippen LogP contribution in [0.1, 0.15) is 28.9 Å². The lowest BCUT2D eigenvalue weighted by Gasteiger charge is -2.18. The Labute approximate surface area is 174 Å². The number of nitrogens with one attached hydrogen (secondary N) is 1. The number of aryl methyl sites for hydroxylation is 1. The van der Waals surface area contributed by atoms with Crippen LogP contribution in [0.25, 0.3) is 10.9 Å². The van der Waals surface area contributed by atoms with Gasteiger partial charge in [-0.2, -0.15) is 0 Å². The van der Waals surface area contributed by atoms with E-state index in [-0.39, 0.29) is 11.8 Å². The van der Waals surface area contributed by atoms with Crippen LogP contribution in [0.2, 0.25) is 0 Å². The Bertz CT molecular complexity index is 1120. The van der Waals surface area contributed by atoms with Gasteiger partial charge in [0.25, 0.3) is 5.91 Å². The summed E-state index contributed by atoms with van der Waals surface area (Å²) in [7, 11) is 5.72. The molecule has 156 valence electrons. The zero-order valence-corrected chi connectivity index (χ0v) is 17.4. The molecule has 0 saturated carbocycles. The van der Waals surface area contributed by atoms with Gasteiger partial charge in [-0.1, -0.05) is 12.1 Å². The second-order valence-electron chi connectivity index (χ2n) is 7.81. The first-order chi connectivity index (χ1) is 14.4. The van der Waals surface area contributed by atoms with Crippen LogP contribution < -0.4 is 15.1 Å². The molecule has 3 aromatic rings. The monoisotopic (exact) mass is 408 g/mol. The Morgan fingerprint density at radius 3 is 2.53 bits per heavy atom. The Balaban J connectivity index is 1.67. The van der Waals surface area contributed by atoms with Crippen molar-refractivity contribution < 1.29 is 14.0 Å². The molecule has 0 spiro atoms. The van der Waals surface area contributed by atoms with Crippen LogP contribution in [0.3, 0.4) is 0 Å². The molecule has 0 bridgehead atoms. The number of carbonyl (C=O) groups excluding carboxylic acids is 2. The van der Waals surface area contributed by atoms with Gasteiger partial charge < -0.3 is 19.7 Å². The zero-order valence-electron chi connectivity index (χ0n) is 17.4. The highest BCUT2D eigenvalue weighted by atomic mass is 19.1. The van der Waals surface area contributed by atoms with E-state index in [1.165, 1.54) is 12.1 Å². The van der Waals surface area contributed by atoms with Crippen molar-refractivity contribution in [1.29, 1.82) is 0 Å². The SMILES string of the molecule is CN(C)c1ccc(CNC(=O)c2c(N3CCCC3=O)c3cc(F)ccc3n2C)cc1. The number of rotatable bonds is 5. The molecule has 1 fully saturated rings. The molecule has 0 radical (unpaired) electrons. The van der Waals surface area contributed by atoms with Crippen molar-refractivity contribution in [3.63, 3.8) is 0 Å². The number of nitrogens with zero attached hydrogens (tertiary/aromatic N) is 3. The van der Waals surface area contributed by atoms with Gasteiger partial charge in [0.2, 0.25) is 5.91 Å². The van der Waals surface area contributed by atoms with Crippen molar-refractivity contribution in [2.24, 2.45) is 7.05 Å². The van der Waals surface area contributed by atoms with E-state index in [0.29, 0.717) is 41.8 Å². The topological polar surface area (TPSA) is 57.6 Å². The molecule has 0 atom stereocenters. The van der Waals surface area contributed by atoms with Gasteiger partial charge in [0.1, 0.15) is 11.5 Å². The molecule has 2 aromatic carbocycles. The second kappa shape index (κ2) is 7.82. The average Bonchev–Trinajstić information content (AvgIpc) is 3.26. The van der Waals surface area contributed by atoms with E-state index in [0.717, 1.165) is 17.7 Å². The van der Waals surface area contributed by atoms with Crippen molar-refractivity contribution in [2.75, 3.05) is 30.4 Å². The third kappa shape index (κ3) is 3.51. The van der Waals surface area contributed by atoms with Crippen molar-refractivity contribution in [2.45, 2.75) is 19.4 Å². The van der Waals surface area contributed by atoms with Gasteiger partial charge >= 0.3 is 0 Å². The molecular weight excluding hydrogens is 383 g/mol. The van der Waals surface area contributed by atoms with E-state index in [1.54, 1.807) is 22.6 Å². The zero-order chi connectivity index (χ0) is 21.4. The summed E-state index contributed by atoms with van der Waals surface area (Å²) < 4.78 is 15.7. The van der Waals surface area contributed by atoms with E-state index in [4.69, 9.17) is 0 Å². The molecule has 1 N–H and O–H groups in total. The summed E-state index contributed by atoms with van der Waals surface area (Å²) in [5, 5.41) is 3.53. The van der Waals surface area contributed by atoms with Gasteiger partial charge in [-0.05, 0) is 42.3 Å². The van der Waals surface area contributed by atoms with Crippen LogP contribution in [0, 0.1) is 5.82 Å². The van der Waals surface area contributed by atoms with Crippen LogP contribution in [0.5, 0.6) is 0 Å². The maximum Gasteiger partial charge on any atom is 0.270 e. The molecule has 0 unspecified atom stereocenters. The van der Waals surface area contributed by atoms with E-state index in [1.807, 2.05) is 43.3 Å². The number of anilines is 2. The first kappa shape index (κ1) is 19.9. The lowest BCUT2D eigenvalue weighted by atomic mass is 10.1. The van der Waals surface area contributed by atoms with Gasteiger partial charge in [-0.15, -0.1) is 0 Å². The predicted octanol–water partition coefficient (Wildman–Crippen LogP) is 3.44. The van der Waals surface area contributed by atoms with Crippen molar-refractivity contribution >= 4 is 34.1 Å². The molecule has 6 nitrogen and oxygen atoms in total. The van der Waals surface area contributed by atoms with Gasteiger partial charge in [0, 0.05) is 51.7 Å².